The standard InChI is InChI=1S/C21H20F2N4O2S/c22-14-5-6-15(23)17(11-14)25-20(29)19(28)24-12-13-7-9-27(10-8-13)21-26-16-3-1-2-4-18(16)30-21/h1-6,11,13H,7-10,12H2,(H,24,28)(H,25,29). The molecule has 0 bridgehead atoms. The maximum Gasteiger partial charge on any atom is 0.313 e. The van der Waals surface area contributed by atoms with Gasteiger partial charge in [0.1, 0.15) is 11.6 Å². The molecule has 4 rings (SSSR count). The quantitative estimate of drug-likeness (QED) is 0.621. The number of hydrogen-bond donors (Lipinski definition) is 2. The summed E-state index contributed by atoms with van der Waals surface area (Å²) in [6, 6.07) is 10.7. The molecule has 30 heavy (non-hydrogen) atoms. The van der Waals surface area contributed by atoms with Crippen LogP contribution in [0.5, 0.6) is 0 Å². The summed E-state index contributed by atoms with van der Waals surface area (Å²) >= 11 is 1.67. The number of rotatable bonds is 4. The number of benzene rings is 2. The van der Waals surface area contributed by atoms with Gasteiger partial charge in [0, 0.05) is 25.7 Å². The second-order valence-corrected chi connectivity index (χ2v) is 8.19. The predicted octanol–water partition coefficient (Wildman–Crippen LogP) is 3.55. The highest BCUT2D eigenvalue weighted by Gasteiger charge is 2.23. The third-order valence-corrected chi connectivity index (χ3v) is 6.20. The van der Waals surface area contributed by atoms with Crippen molar-refractivity contribution in [3.63, 3.8) is 0 Å². The third kappa shape index (κ3) is 4.56. The molecule has 0 saturated carbocycles. The smallest absolute Gasteiger partial charge is 0.313 e. The number of carbonyl (C=O) groups is 2. The Morgan fingerprint density at radius 3 is 2.63 bits per heavy atom. The van der Waals surface area contributed by atoms with E-state index in [4.69, 9.17) is 0 Å². The van der Waals surface area contributed by atoms with Crippen LogP contribution >= 0.6 is 11.3 Å². The summed E-state index contributed by atoms with van der Waals surface area (Å²) in [7, 11) is 0. The Kier molecular flexibility index (Phi) is 5.89. The molecular formula is C21H20F2N4O2S. The summed E-state index contributed by atoms with van der Waals surface area (Å²) in [5, 5.41) is 5.68. The average molecular weight is 430 g/mol. The molecule has 6 nitrogen and oxygen atoms in total. The fraction of sp³-hybridized carbons (Fsp3) is 0.286. The Labute approximate surface area is 175 Å². The van der Waals surface area contributed by atoms with Crippen molar-refractivity contribution >= 4 is 44.2 Å². The zero-order valence-electron chi connectivity index (χ0n) is 16.0. The van der Waals surface area contributed by atoms with Crippen molar-refractivity contribution in [3.05, 3.63) is 54.1 Å². The summed E-state index contributed by atoms with van der Waals surface area (Å²) in [6.07, 6.45) is 1.71. The number of nitrogens with zero attached hydrogens (tertiary/aromatic N) is 2. The molecule has 0 unspecified atom stereocenters. The largest absolute Gasteiger partial charge is 0.348 e. The molecule has 1 fully saturated rings. The van der Waals surface area contributed by atoms with E-state index in [0.29, 0.717) is 6.54 Å². The minimum atomic E-state index is -1.02. The molecule has 156 valence electrons. The molecule has 1 aliphatic rings. The van der Waals surface area contributed by atoms with Gasteiger partial charge in [-0.05, 0) is 43.0 Å². The van der Waals surface area contributed by atoms with Gasteiger partial charge in [-0.25, -0.2) is 13.8 Å². The van der Waals surface area contributed by atoms with E-state index < -0.39 is 23.4 Å². The van der Waals surface area contributed by atoms with Crippen molar-refractivity contribution in [2.24, 2.45) is 5.92 Å². The summed E-state index contributed by atoms with van der Waals surface area (Å²) < 4.78 is 27.9. The van der Waals surface area contributed by atoms with Gasteiger partial charge in [0.15, 0.2) is 5.13 Å². The Bertz CT molecular complexity index is 1050. The Balaban J connectivity index is 1.25. The molecule has 0 spiro atoms. The lowest BCUT2D eigenvalue weighted by atomic mass is 9.97. The number of piperidine rings is 1. The van der Waals surface area contributed by atoms with E-state index in [9.17, 15) is 18.4 Å². The van der Waals surface area contributed by atoms with Crippen molar-refractivity contribution in [2.45, 2.75) is 12.8 Å². The van der Waals surface area contributed by atoms with E-state index in [-0.39, 0.29) is 11.6 Å². The summed E-state index contributed by atoms with van der Waals surface area (Å²) in [4.78, 5) is 30.9. The van der Waals surface area contributed by atoms with Crippen LogP contribution in [0.1, 0.15) is 12.8 Å². The number of fused-ring (bicyclic) bond motifs is 1. The van der Waals surface area contributed by atoms with E-state index in [1.54, 1.807) is 11.3 Å². The highest BCUT2D eigenvalue weighted by Crippen LogP contribution is 2.31. The molecule has 1 aliphatic heterocycles. The van der Waals surface area contributed by atoms with Crippen LogP contribution in [0.25, 0.3) is 10.2 Å². The lowest BCUT2D eigenvalue weighted by Crippen LogP contribution is -2.41. The lowest BCUT2D eigenvalue weighted by molar-refractivity contribution is -0.136. The molecular weight excluding hydrogens is 410 g/mol. The number of anilines is 2. The molecule has 2 N–H and O–H groups in total. The zero-order chi connectivity index (χ0) is 21.1. The van der Waals surface area contributed by atoms with Crippen LogP contribution in [0.2, 0.25) is 0 Å². The van der Waals surface area contributed by atoms with Gasteiger partial charge in [0.25, 0.3) is 0 Å². The molecule has 1 saturated heterocycles. The molecule has 0 radical (unpaired) electrons. The Morgan fingerprint density at radius 1 is 1.10 bits per heavy atom. The predicted molar refractivity (Wildman–Crippen MR) is 113 cm³/mol. The normalized spacial score (nSPS) is 14.7. The lowest BCUT2D eigenvalue weighted by Gasteiger charge is -2.31. The number of aromatic nitrogens is 1. The van der Waals surface area contributed by atoms with Gasteiger partial charge in [0.05, 0.1) is 15.9 Å². The minimum absolute atomic E-state index is 0.235. The van der Waals surface area contributed by atoms with Gasteiger partial charge in [-0.2, -0.15) is 0 Å². The number of hydrogen-bond acceptors (Lipinski definition) is 5. The summed E-state index contributed by atoms with van der Waals surface area (Å²) in [5.41, 5.74) is 0.631. The van der Waals surface area contributed by atoms with Crippen molar-refractivity contribution in [1.82, 2.24) is 10.3 Å². The second-order valence-electron chi connectivity index (χ2n) is 7.18. The van der Waals surface area contributed by atoms with Crippen LogP contribution < -0.4 is 15.5 Å². The second kappa shape index (κ2) is 8.74. The maximum atomic E-state index is 13.6. The summed E-state index contributed by atoms with van der Waals surface area (Å²) in [6.45, 7) is 1.99. The number of amides is 2. The number of nitrogens with one attached hydrogen (secondary N) is 2. The minimum Gasteiger partial charge on any atom is -0.348 e. The highest BCUT2D eigenvalue weighted by atomic mass is 32.1. The number of para-hydroxylation sites is 1. The van der Waals surface area contributed by atoms with E-state index in [1.807, 2.05) is 18.2 Å². The van der Waals surface area contributed by atoms with Gasteiger partial charge in [-0.1, -0.05) is 23.5 Å². The monoisotopic (exact) mass is 430 g/mol. The molecule has 2 heterocycles. The highest BCUT2D eigenvalue weighted by molar-refractivity contribution is 7.22. The first kappa shape index (κ1) is 20.2. The molecule has 2 aromatic carbocycles. The van der Waals surface area contributed by atoms with Gasteiger partial charge < -0.3 is 15.5 Å². The Hall–Kier alpha value is -3.07. The number of halogens is 2. The van der Waals surface area contributed by atoms with Gasteiger partial charge in [-0.15, -0.1) is 0 Å². The van der Waals surface area contributed by atoms with Crippen LogP contribution in [-0.4, -0.2) is 36.4 Å². The van der Waals surface area contributed by atoms with Crippen LogP contribution in [0.4, 0.5) is 19.6 Å². The van der Waals surface area contributed by atoms with Crippen molar-refractivity contribution < 1.29 is 18.4 Å². The first-order valence-electron chi connectivity index (χ1n) is 9.64. The van der Waals surface area contributed by atoms with Gasteiger partial charge >= 0.3 is 11.8 Å². The molecule has 0 atom stereocenters. The first-order valence-corrected chi connectivity index (χ1v) is 10.5. The van der Waals surface area contributed by atoms with Crippen LogP contribution in [0.15, 0.2) is 42.5 Å². The molecule has 1 aromatic heterocycles. The van der Waals surface area contributed by atoms with Gasteiger partial charge in [-0.3, -0.25) is 9.59 Å². The Morgan fingerprint density at radius 2 is 1.87 bits per heavy atom. The number of thiazole rings is 1. The van der Waals surface area contributed by atoms with Crippen LogP contribution in [0.3, 0.4) is 0 Å². The third-order valence-electron chi connectivity index (χ3n) is 5.10. The molecule has 0 aliphatic carbocycles. The van der Waals surface area contributed by atoms with E-state index in [0.717, 1.165) is 59.5 Å². The molecule has 2 amide bonds. The molecule has 3 aromatic rings. The maximum absolute atomic E-state index is 13.6. The van der Waals surface area contributed by atoms with Crippen molar-refractivity contribution in [2.75, 3.05) is 29.9 Å². The topological polar surface area (TPSA) is 74.3 Å². The van der Waals surface area contributed by atoms with E-state index in [1.165, 1.54) is 0 Å². The van der Waals surface area contributed by atoms with Crippen molar-refractivity contribution in [1.29, 1.82) is 0 Å². The first-order chi connectivity index (χ1) is 14.5. The van der Waals surface area contributed by atoms with Crippen molar-refractivity contribution in [3.8, 4) is 0 Å². The van der Waals surface area contributed by atoms with Crippen LogP contribution in [-0.2, 0) is 9.59 Å². The molecule has 9 heteroatoms. The SMILES string of the molecule is O=C(NCC1CCN(c2nc3ccccc3s2)CC1)C(=O)Nc1cc(F)ccc1F. The van der Waals surface area contributed by atoms with Crippen LogP contribution in [0, 0.1) is 17.6 Å². The van der Waals surface area contributed by atoms with Gasteiger partial charge in [0.2, 0.25) is 0 Å². The number of carbonyl (C=O) groups excluding carboxylic acids is 2. The average Bonchev–Trinajstić information content (AvgIpc) is 3.19. The van der Waals surface area contributed by atoms with E-state index in [2.05, 4.69) is 26.6 Å². The fourth-order valence-electron chi connectivity index (χ4n) is 3.41. The summed E-state index contributed by atoms with van der Waals surface area (Å²) in [5.74, 6) is -3.16. The zero-order valence-corrected chi connectivity index (χ0v) is 16.8. The fourth-order valence-corrected chi connectivity index (χ4v) is 4.43. The van der Waals surface area contributed by atoms with E-state index >= 15 is 0 Å².